The third kappa shape index (κ3) is 3.05. The molecule has 0 spiro atoms. The number of thiazole rings is 1. The molecule has 0 aliphatic carbocycles. The number of nitrogens with one attached hydrogen (secondary N) is 1. The lowest BCUT2D eigenvalue weighted by Crippen LogP contribution is -2.41. The summed E-state index contributed by atoms with van der Waals surface area (Å²) >= 11 is 1.83. The zero-order chi connectivity index (χ0) is 12.3. The van der Waals surface area contributed by atoms with Crippen LogP contribution in [0.15, 0.2) is 0 Å². The molecule has 0 radical (unpaired) electrons. The highest BCUT2D eigenvalue weighted by Crippen LogP contribution is 2.28. The number of hydrogen-bond donors (Lipinski definition) is 1. The van der Waals surface area contributed by atoms with Gasteiger partial charge in [-0.2, -0.15) is 0 Å². The maximum atomic E-state index is 4.62. The van der Waals surface area contributed by atoms with Gasteiger partial charge in [-0.05, 0) is 32.7 Å². The predicted molar refractivity (Wildman–Crippen MR) is 72.2 cm³/mol. The Hall–Kier alpha value is -0.410. The Bertz CT molecular complexity index is 322. The first kappa shape index (κ1) is 13.7. The number of rotatable bonds is 5. The van der Waals surface area contributed by atoms with Crippen molar-refractivity contribution in [1.29, 1.82) is 0 Å². The molecule has 1 aromatic heterocycles. The molecule has 1 atom stereocenters. The van der Waals surface area contributed by atoms with Crippen molar-refractivity contribution < 1.29 is 0 Å². The fourth-order valence-corrected chi connectivity index (χ4v) is 2.80. The van der Waals surface area contributed by atoms with Crippen molar-refractivity contribution in [2.24, 2.45) is 5.41 Å². The summed E-state index contributed by atoms with van der Waals surface area (Å²) in [6, 6.07) is 0.502. The first-order chi connectivity index (χ1) is 7.40. The minimum absolute atomic E-state index is 0.322. The highest BCUT2D eigenvalue weighted by Gasteiger charge is 2.27. The van der Waals surface area contributed by atoms with Crippen LogP contribution in [0.1, 0.15) is 42.8 Å². The highest BCUT2D eigenvalue weighted by atomic mass is 32.1. The molecule has 1 N–H and O–H groups in total. The average molecular weight is 240 g/mol. The fraction of sp³-hybridized carbons (Fsp3) is 0.769. The van der Waals surface area contributed by atoms with E-state index in [1.54, 1.807) is 0 Å². The van der Waals surface area contributed by atoms with Crippen LogP contribution < -0.4 is 5.32 Å². The Kier molecular flexibility index (Phi) is 4.51. The van der Waals surface area contributed by atoms with E-state index >= 15 is 0 Å². The van der Waals surface area contributed by atoms with Gasteiger partial charge in [0.05, 0.1) is 10.7 Å². The van der Waals surface area contributed by atoms with E-state index in [0.29, 0.717) is 11.5 Å². The summed E-state index contributed by atoms with van der Waals surface area (Å²) < 4.78 is 0. The monoisotopic (exact) mass is 240 g/mol. The molecular formula is C13H24N2S. The molecule has 0 aromatic carbocycles. The van der Waals surface area contributed by atoms with Gasteiger partial charge in [-0.25, -0.2) is 4.98 Å². The third-order valence-electron chi connectivity index (χ3n) is 3.65. The van der Waals surface area contributed by atoms with Gasteiger partial charge in [-0.3, -0.25) is 0 Å². The Labute approximate surface area is 103 Å². The fourth-order valence-electron chi connectivity index (χ4n) is 1.82. The summed E-state index contributed by atoms with van der Waals surface area (Å²) in [5, 5.41) is 4.70. The van der Waals surface area contributed by atoms with Gasteiger partial charge in [0.2, 0.25) is 0 Å². The molecule has 3 heteroatoms. The van der Waals surface area contributed by atoms with Crippen molar-refractivity contribution in [1.82, 2.24) is 10.3 Å². The van der Waals surface area contributed by atoms with Gasteiger partial charge in [0, 0.05) is 17.3 Å². The standard InChI is InChI=1S/C13H24N2S/c1-7-13(4,5)11(14-6)8-12-15-9(2)10(3)16-12/h11,14H,7-8H2,1-6H3. The molecule has 1 unspecified atom stereocenters. The largest absolute Gasteiger partial charge is 0.316 e. The van der Waals surface area contributed by atoms with E-state index in [1.807, 2.05) is 11.3 Å². The number of hydrogen-bond acceptors (Lipinski definition) is 3. The molecule has 0 amide bonds. The molecule has 0 saturated carbocycles. The molecular weight excluding hydrogens is 216 g/mol. The molecule has 0 saturated heterocycles. The molecule has 0 aliphatic heterocycles. The van der Waals surface area contributed by atoms with E-state index < -0.39 is 0 Å². The third-order valence-corrected chi connectivity index (χ3v) is 4.75. The summed E-state index contributed by atoms with van der Waals surface area (Å²) in [4.78, 5) is 5.97. The molecule has 2 nitrogen and oxygen atoms in total. The van der Waals surface area contributed by atoms with Gasteiger partial charge in [-0.1, -0.05) is 20.8 Å². The summed E-state index contributed by atoms with van der Waals surface area (Å²) in [5.41, 5.74) is 1.51. The van der Waals surface area contributed by atoms with Crippen molar-refractivity contribution in [2.75, 3.05) is 7.05 Å². The Balaban J connectivity index is 2.78. The smallest absolute Gasteiger partial charge is 0.0946 e. The maximum Gasteiger partial charge on any atom is 0.0946 e. The SMILES string of the molecule is CCC(C)(C)C(Cc1nc(C)c(C)s1)NC. The van der Waals surface area contributed by atoms with E-state index in [2.05, 4.69) is 52.0 Å². The molecule has 1 heterocycles. The van der Waals surface area contributed by atoms with E-state index in [4.69, 9.17) is 0 Å². The second-order valence-corrected chi connectivity index (χ2v) is 6.42. The lowest BCUT2D eigenvalue weighted by Gasteiger charge is -2.32. The molecule has 1 rings (SSSR count). The van der Waals surface area contributed by atoms with Crippen LogP contribution in [0.2, 0.25) is 0 Å². The van der Waals surface area contributed by atoms with Gasteiger partial charge in [-0.15, -0.1) is 11.3 Å². The summed E-state index contributed by atoms with van der Waals surface area (Å²) in [6.07, 6.45) is 2.22. The minimum Gasteiger partial charge on any atom is -0.316 e. The van der Waals surface area contributed by atoms with Crippen molar-refractivity contribution in [3.8, 4) is 0 Å². The molecule has 16 heavy (non-hydrogen) atoms. The number of aryl methyl sites for hydroxylation is 2. The molecule has 0 fully saturated rings. The summed E-state index contributed by atoms with van der Waals surface area (Å²) in [7, 11) is 2.05. The van der Waals surface area contributed by atoms with Crippen molar-refractivity contribution in [2.45, 2.75) is 53.5 Å². The normalized spacial score (nSPS) is 14.1. The van der Waals surface area contributed by atoms with E-state index in [0.717, 1.165) is 6.42 Å². The lowest BCUT2D eigenvalue weighted by atomic mass is 9.80. The first-order valence-corrected chi connectivity index (χ1v) is 6.82. The average Bonchev–Trinajstić information content (AvgIpc) is 2.54. The molecule has 92 valence electrons. The van der Waals surface area contributed by atoms with Gasteiger partial charge in [0.1, 0.15) is 0 Å². The molecule has 0 bridgehead atoms. The van der Waals surface area contributed by atoms with Crippen LogP contribution in [-0.2, 0) is 6.42 Å². The van der Waals surface area contributed by atoms with E-state index in [1.165, 1.54) is 22.0 Å². The second-order valence-electron chi connectivity index (χ2n) is 5.14. The van der Waals surface area contributed by atoms with Crippen molar-refractivity contribution in [3.63, 3.8) is 0 Å². The van der Waals surface area contributed by atoms with Crippen LogP contribution in [0.4, 0.5) is 0 Å². The molecule has 1 aromatic rings. The maximum absolute atomic E-state index is 4.62. The second kappa shape index (κ2) is 5.28. The predicted octanol–water partition coefficient (Wildman–Crippen LogP) is 3.33. The summed E-state index contributed by atoms with van der Waals surface area (Å²) in [6.45, 7) is 11.1. The van der Waals surface area contributed by atoms with Gasteiger partial charge in [0.25, 0.3) is 0 Å². The van der Waals surface area contributed by atoms with Crippen molar-refractivity contribution in [3.05, 3.63) is 15.6 Å². The Morgan fingerprint density at radius 2 is 2.00 bits per heavy atom. The van der Waals surface area contributed by atoms with E-state index in [9.17, 15) is 0 Å². The van der Waals surface area contributed by atoms with Gasteiger partial charge >= 0.3 is 0 Å². The quantitative estimate of drug-likeness (QED) is 0.854. The van der Waals surface area contributed by atoms with Crippen LogP contribution in [0.25, 0.3) is 0 Å². The van der Waals surface area contributed by atoms with Crippen LogP contribution in [0.3, 0.4) is 0 Å². The Morgan fingerprint density at radius 1 is 1.38 bits per heavy atom. The Morgan fingerprint density at radius 3 is 2.38 bits per heavy atom. The number of nitrogens with zero attached hydrogens (tertiary/aromatic N) is 1. The summed E-state index contributed by atoms with van der Waals surface area (Å²) in [5.74, 6) is 0. The number of aromatic nitrogens is 1. The zero-order valence-electron chi connectivity index (χ0n) is 11.3. The van der Waals surface area contributed by atoms with Crippen LogP contribution >= 0.6 is 11.3 Å². The van der Waals surface area contributed by atoms with Crippen LogP contribution in [-0.4, -0.2) is 18.1 Å². The first-order valence-electron chi connectivity index (χ1n) is 6.01. The zero-order valence-corrected chi connectivity index (χ0v) is 12.2. The minimum atomic E-state index is 0.322. The van der Waals surface area contributed by atoms with Crippen molar-refractivity contribution >= 4 is 11.3 Å². The van der Waals surface area contributed by atoms with Gasteiger partial charge in [0.15, 0.2) is 0 Å². The van der Waals surface area contributed by atoms with Gasteiger partial charge < -0.3 is 5.32 Å². The molecule has 0 aliphatic rings. The topological polar surface area (TPSA) is 24.9 Å². The van der Waals surface area contributed by atoms with Crippen LogP contribution in [0, 0.1) is 19.3 Å². The van der Waals surface area contributed by atoms with Crippen LogP contribution in [0.5, 0.6) is 0 Å². The van der Waals surface area contributed by atoms with E-state index in [-0.39, 0.29) is 0 Å². The highest BCUT2D eigenvalue weighted by molar-refractivity contribution is 7.11. The number of likely N-dealkylation sites (N-methyl/N-ethyl adjacent to an activating group) is 1. The lowest BCUT2D eigenvalue weighted by molar-refractivity contribution is 0.240.